The summed E-state index contributed by atoms with van der Waals surface area (Å²) >= 11 is 0. The zero-order valence-electron chi connectivity index (χ0n) is 16.4. The van der Waals surface area contributed by atoms with E-state index in [9.17, 15) is 9.90 Å². The summed E-state index contributed by atoms with van der Waals surface area (Å²) in [5, 5.41) is 16.3. The quantitative estimate of drug-likeness (QED) is 0.614. The van der Waals surface area contributed by atoms with Crippen LogP contribution >= 0.6 is 0 Å². The molecule has 0 fully saturated rings. The highest BCUT2D eigenvalue weighted by atomic mass is 16.4. The van der Waals surface area contributed by atoms with Crippen LogP contribution in [0.3, 0.4) is 0 Å². The molecule has 0 aliphatic rings. The first-order valence-electron chi connectivity index (χ1n) is 9.22. The molecule has 0 bridgehead atoms. The molecule has 3 N–H and O–H groups in total. The number of rotatable bonds is 8. The molecule has 0 aromatic heterocycles. The Balaban J connectivity index is 2.20. The van der Waals surface area contributed by atoms with Gasteiger partial charge in [-0.3, -0.25) is 0 Å². The Morgan fingerprint density at radius 3 is 2.31 bits per heavy atom. The van der Waals surface area contributed by atoms with E-state index >= 15 is 0 Å². The number of carbonyl (C=O) groups is 1. The first kappa shape index (κ1) is 19.8. The number of carboxylic acid groups (broad SMARTS) is 1. The van der Waals surface area contributed by atoms with Crippen LogP contribution in [0, 0.1) is 26.7 Å². The summed E-state index contributed by atoms with van der Waals surface area (Å²) in [4.78, 5) is 11.6. The third kappa shape index (κ3) is 4.78. The summed E-state index contributed by atoms with van der Waals surface area (Å²) < 4.78 is 0. The largest absolute Gasteiger partial charge is 0.480 e. The Kier molecular flexibility index (Phi) is 6.67. The monoisotopic (exact) mass is 354 g/mol. The Morgan fingerprint density at radius 1 is 1.12 bits per heavy atom. The predicted octanol–water partition coefficient (Wildman–Crippen LogP) is 5.14. The highest BCUT2D eigenvalue weighted by Crippen LogP contribution is 2.25. The molecule has 4 nitrogen and oxygen atoms in total. The van der Waals surface area contributed by atoms with E-state index in [1.165, 1.54) is 16.7 Å². The van der Waals surface area contributed by atoms with Gasteiger partial charge < -0.3 is 15.7 Å². The molecule has 0 saturated heterocycles. The van der Waals surface area contributed by atoms with Crippen LogP contribution in [-0.4, -0.2) is 17.1 Å². The zero-order chi connectivity index (χ0) is 19.3. The van der Waals surface area contributed by atoms with Gasteiger partial charge in [0.2, 0.25) is 0 Å². The summed E-state index contributed by atoms with van der Waals surface area (Å²) in [5.74, 6) is -0.762. The average Bonchev–Trinajstić information content (AvgIpc) is 2.58. The van der Waals surface area contributed by atoms with Gasteiger partial charge >= 0.3 is 5.97 Å². The van der Waals surface area contributed by atoms with E-state index in [2.05, 4.69) is 43.5 Å². The minimum Gasteiger partial charge on any atom is -0.480 e. The normalized spacial score (nSPS) is 13.1. The Bertz CT molecular complexity index is 747. The minimum absolute atomic E-state index is 0.0510. The maximum absolute atomic E-state index is 11.6. The van der Waals surface area contributed by atoms with Crippen LogP contribution in [-0.2, 0) is 11.3 Å². The number of benzene rings is 2. The van der Waals surface area contributed by atoms with Crippen LogP contribution < -0.4 is 10.6 Å². The van der Waals surface area contributed by atoms with Crippen molar-refractivity contribution >= 4 is 17.3 Å². The first-order chi connectivity index (χ1) is 12.3. The van der Waals surface area contributed by atoms with Gasteiger partial charge in [-0.15, -0.1) is 0 Å². The predicted molar refractivity (Wildman–Crippen MR) is 109 cm³/mol. The number of para-hydroxylation sites is 1. The van der Waals surface area contributed by atoms with Gasteiger partial charge in [0, 0.05) is 17.9 Å². The third-order valence-electron chi connectivity index (χ3n) is 4.94. The molecule has 0 radical (unpaired) electrons. The SMILES string of the molecule is CCC(C)C(Nc1ccccc1CNc1c(C)cc(C)cc1C)C(=O)O. The second kappa shape index (κ2) is 8.75. The molecule has 2 unspecified atom stereocenters. The van der Waals surface area contributed by atoms with Crippen molar-refractivity contribution in [3.8, 4) is 0 Å². The van der Waals surface area contributed by atoms with Crippen molar-refractivity contribution in [2.45, 2.75) is 53.6 Å². The standard InChI is InChI=1S/C22H30N2O2/c1-6-15(3)21(22(25)26)24-19-10-8-7-9-18(19)13-23-20-16(4)11-14(2)12-17(20)5/h7-12,15,21,23-24H,6,13H2,1-5H3,(H,25,26). The molecular formula is C22H30N2O2. The van der Waals surface area contributed by atoms with E-state index in [0.29, 0.717) is 6.54 Å². The first-order valence-corrected chi connectivity index (χ1v) is 9.22. The lowest BCUT2D eigenvalue weighted by Crippen LogP contribution is -2.35. The molecule has 4 heteroatoms. The summed E-state index contributed by atoms with van der Waals surface area (Å²) in [7, 11) is 0. The molecule has 2 aromatic rings. The molecule has 0 heterocycles. The van der Waals surface area contributed by atoms with Gasteiger partial charge in [-0.05, 0) is 49.4 Å². The number of hydrogen-bond donors (Lipinski definition) is 3. The molecule has 0 amide bonds. The fourth-order valence-corrected chi connectivity index (χ4v) is 3.31. The smallest absolute Gasteiger partial charge is 0.326 e. The van der Waals surface area contributed by atoms with Crippen molar-refractivity contribution in [2.24, 2.45) is 5.92 Å². The number of aryl methyl sites for hydroxylation is 3. The summed E-state index contributed by atoms with van der Waals surface area (Å²) in [5.41, 5.74) is 6.76. The molecule has 0 aliphatic carbocycles. The molecule has 26 heavy (non-hydrogen) atoms. The summed E-state index contributed by atoms with van der Waals surface area (Å²) in [6, 6.07) is 11.6. The van der Waals surface area contributed by atoms with Crippen LogP contribution in [0.15, 0.2) is 36.4 Å². The minimum atomic E-state index is -0.813. The van der Waals surface area contributed by atoms with Crippen molar-refractivity contribution in [3.05, 3.63) is 58.7 Å². The average molecular weight is 354 g/mol. The molecule has 2 rings (SSSR count). The maximum Gasteiger partial charge on any atom is 0.326 e. The fraction of sp³-hybridized carbons (Fsp3) is 0.409. The van der Waals surface area contributed by atoms with Gasteiger partial charge in [0.05, 0.1) is 0 Å². The number of aliphatic carboxylic acids is 1. The molecule has 0 aliphatic heterocycles. The highest BCUT2D eigenvalue weighted by molar-refractivity contribution is 5.78. The fourth-order valence-electron chi connectivity index (χ4n) is 3.31. The Hall–Kier alpha value is -2.49. The Labute approximate surface area is 156 Å². The molecular weight excluding hydrogens is 324 g/mol. The van der Waals surface area contributed by atoms with Crippen molar-refractivity contribution in [3.63, 3.8) is 0 Å². The van der Waals surface area contributed by atoms with Crippen LogP contribution in [0.2, 0.25) is 0 Å². The van der Waals surface area contributed by atoms with Gasteiger partial charge in [-0.2, -0.15) is 0 Å². The number of anilines is 2. The van der Waals surface area contributed by atoms with E-state index in [0.717, 1.165) is 23.4 Å². The van der Waals surface area contributed by atoms with Crippen molar-refractivity contribution in [1.29, 1.82) is 0 Å². The van der Waals surface area contributed by atoms with E-state index in [1.54, 1.807) is 0 Å². The zero-order valence-corrected chi connectivity index (χ0v) is 16.4. The van der Waals surface area contributed by atoms with E-state index in [1.807, 2.05) is 38.1 Å². The topological polar surface area (TPSA) is 61.4 Å². The van der Waals surface area contributed by atoms with Gasteiger partial charge in [-0.1, -0.05) is 56.2 Å². The third-order valence-corrected chi connectivity index (χ3v) is 4.94. The van der Waals surface area contributed by atoms with Crippen LogP contribution in [0.25, 0.3) is 0 Å². The number of hydrogen-bond acceptors (Lipinski definition) is 3. The summed E-state index contributed by atoms with van der Waals surface area (Å²) in [6.45, 7) is 10.9. The molecule has 0 saturated carbocycles. The van der Waals surface area contributed by atoms with Gasteiger partial charge in [0.25, 0.3) is 0 Å². The number of carboxylic acids is 1. The molecule has 2 atom stereocenters. The highest BCUT2D eigenvalue weighted by Gasteiger charge is 2.23. The maximum atomic E-state index is 11.6. The lowest BCUT2D eigenvalue weighted by Gasteiger charge is -2.23. The molecule has 0 spiro atoms. The van der Waals surface area contributed by atoms with Gasteiger partial charge in [0.1, 0.15) is 6.04 Å². The van der Waals surface area contributed by atoms with Gasteiger partial charge in [-0.25, -0.2) is 4.79 Å². The van der Waals surface area contributed by atoms with Crippen molar-refractivity contribution in [2.75, 3.05) is 10.6 Å². The second-order valence-corrected chi connectivity index (χ2v) is 7.13. The van der Waals surface area contributed by atoms with E-state index in [4.69, 9.17) is 0 Å². The summed E-state index contributed by atoms with van der Waals surface area (Å²) in [6.07, 6.45) is 0.812. The second-order valence-electron chi connectivity index (χ2n) is 7.13. The van der Waals surface area contributed by atoms with Crippen LogP contribution in [0.1, 0.15) is 42.5 Å². The van der Waals surface area contributed by atoms with E-state index < -0.39 is 12.0 Å². The van der Waals surface area contributed by atoms with Crippen LogP contribution in [0.4, 0.5) is 11.4 Å². The lowest BCUT2D eigenvalue weighted by atomic mass is 9.98. The van der Waals surface area contributed by atoms with Crippen LogP contribution in [0.5, 0.6) is 0 Å². The molecule has 2 aromatic carbocycles. The Morgan fingerprint density at radius 2 is 1.73 bits per heavy atom. The van der Waals surface area contributed by atoms with Crippen molar-refractivity contribution < 1.29 is 9.90 Å². The lowest BCUT2D eigenvalue weighted by molar-refractivity contribution is -0.139. The number of nitrogens with one attached hydrogen (secondary N) is 2. The van der Waals surface area contributed by atoms with E-state index in [-0.39, 0.29) is 5.92 Å². The van der Waals surface area contributed by atoms with Gasteiger partial charge in [0.15, 0.2) is 0 Å². The molecule has 140 valence electrons. The van der Waals surface area contributed by atoms with Crippen molar-refractivity contribution in [1.82, 2.24) is 0 Å².